The highest BCUT2D eigenvalue weighted by Crippen LogP contribution is 2.59. The molecule has 1 nitrogen and oxygen atoms in total. The molecule has 0 N–H and O–H groups in total. The highest BCUT2D eigenvalue weighted by molar-refractivity contribution is 9.10. The summed E-state index contributed by atoms with van der Waals surface area (Å²) in [6.07, 6.45) is 3.90. The minimum Gasteiger partial charge on any atom is -0.293 e. The highest BCUT2D eigenvalue weighted by atomic mass is 79.9. The van der Waals surface area contributed by atoms with Crippen LogP contribution < -0.4 is 0 Å². The van der Waals surface area contributed by atoms with Crippen molar-refractivity contribution in [2.45, 2.75) is 19.3 Å². The number of ketones is 1. The number of Topliss-reactive ketones (excluding diaryl/α,β-unsaturated/α-hetero) is 1. The predicted octanol–water partition coefficient (Wildman–Crippen LogP) is 3.74. The maximum Gasteiger partial charge on any atom is 0.177 e. The van der Waals surface area contributed by atoms with Gasteiger partial charge < -0.3 is 0 Å². The van der Waals surface area contributed by atoms with E-state index in [1.165, 1.54) is 19.3 Å². The number of carbonyl (C=O) groups is 1. The first-order valence-corrected chi connectivity index (χ1v) is 6.73. The first kappa shape index (κ1) is 9.10. The quantitative estimate of drug-likeness (QED) is 0.749. The van der Waals surface area contributed by atoms with Crippen molar-refractivity contribution in [1.29, 1.82) is 0 Å². The van der Waals surface area contributed by atoms with Gasteiger partial charge in [-0.15, -0.1) is 11.3 Å². The molecule has 14 heavy (non-hydrogen) atoms. The van der Waals surface area contributed by atoms with Crippen LogP contribution >= 0.6 is 27.3 Å². The molecule has 0 aromatic carbocycles. The largest absolute Gasteiger partial charge is 0.293 e. The van der Waals surface area contributed by atoms with Gasteiger partial charge in [-0.3, -0.25) is 4.79 Å². The van der Waals surface area contributed by atoms with Gasteiger partial charge in [-0.05, 0) is 52.1 Å². The van der Waals surface area contributed by atoms with Gasteiger partial charge in [-0.1, -0.05) is 6.42 Å². The molecule has 0 bridgehead atoms. The Bertz CT molecular complexity index is 374. The summed E-state index contributed by atoms with van der Waals surface area (Å²) in [6.45, 7) is 0. The number of hydrogen-bond acceptors (Lipinski definition) is 2. The van der Waals surface area contributed by atoms with Crippen LogP contribution in [0.4, 0.5) is 0 Å². The van der Waals surface area contributed by atoms with Gasteiger partial charge in [-0.25, -0.2) is 0 Å². The fourth-order valence-corrected chi connectivity index (χ4v) is 4.39. The minimum absolute atomic E-state index is 0.374. The van der Waals surface area contributed by atoms with Crippen LogP contribution in [0.1, 0.15) is 28.9 Å². The monoisotopic (exact) mass is 270 g/mol. The maximum atomic E-state index is 12.1. The fraction of sp³-hybridized carbons (Fsp3) is 0.545. The van der Waals surface area contributed by atoms with Crippen LogP contribution in [0.2, 0.25) is 0 Å². The van der Waals surface area contributed by atoms with Crippen LogP contribution in [0.15, 0.2) is 15.9 Å². The lowest BCUT2D eigenvalue weighted by Crippen LogP contribution is -2.04. The van der Waals surface area contributed by atoms with Crippen LogP contribution in [0.5, 0.6) is 0 Å². The van der Waals surface area contributed by atoms with Crippen molar-refractivity contribution < 1.29 is 4.79 Å². The van der Waals surface area contributed by atoms with Crippen LogP contribution in [0, 0.1) is 17.8 Å². The Labute approximate surface area is 95.6 Å². The van der Waals surface area contributed by atoms with Crippen LogP contribution in [0.3, 0.4) is 0 Å². The van der Waals surface area contributed by atoms with Crippen LogP contribution in [-0.4, -0.2) is 5.78 Å². The summed E-state index contributed by atoms with van der Waals surface area (Å²) in [7, 11) is 0. The standard InChI is InChI=1S/C11H11BrOS/c12-8-4-5-14-11(8)10(13)9-6-2-1-3-7(6)9/h4-7,9H,1-3H2. The van der Waals surface area contributed by atoms with Gasteiger partial charge in [0.25, 0.3) is 0 Å². The Kier molecular flexibility index (Phi) is 2.06. The van der Waals surface area contributed by atoms with E-state index in [2.05, 4.69) is 15.9 Å². The molecule has 2 aliphatic rings. The average molecular weight is 271 g/mol. The molecule has 3 rings (SSSR count). The number of fused-ring (bicyclic) bond motifs is 1. The summed E-state index contributed by atoms with van der Waals surface area (Å²) in [5.41, 5.74) is 0. The van der Waals surface area contributed by atoms with Crippen molar-refractivity contribution >= 4 is 33.0 Å². The van der Waals surface area contributed by atoms with Gasteiger partial charge in [0.2, 0.25) is 0 Å². The summed E-state index contributed by atoms with van der Waals surface area (Å²) in [5.74, 6) is 2.23. The Morgan fingerprint density at radius 2 is 2.14 bits per heavy atom. The lowest BCUT2D eigenvalue weighted by molar-refractivity contribution is 0.0955. The topological polar surface area (TPSA) is 17.1 Å². The van der Waals surface area contributed by atoms with E-state index in [-0.39, 0.29) is 0 Å². The van der Waals surface area contributed by atoms with Crippen molar-refractivity contribution in [2.24, 2.45) is 17.8 Å². The molecule has 0 spiro atoms. The molecule has 3 heteroatoms. The molecule has 0 radical (unpaired) electrons. The van der Waals surface area contributed by atoms with Gasteiger partial charge in [-0.2, -0.15) is 0 Å². The Balaban J connectivity index is 1.82. The molecular formula is C11H11BrOS. The Morgan fingerprint density at radius 1 is 1.43 bits per heavy atom. The van der Waals surface area contributed by atoms with Crippen molar-refractivity contribution in [3.8, 4) is 0 Å². The third kappa shape index (κ3) is 1.22. The molecule has 2 saturated carbocycles. The van der Waals surface area contributed by atoms with Gasteiger partial charge >= 0.3 is 0 Å². The van der Waals surface area contributed by atoms with E-state index in [4.69, 9.17) is 0 Å². The second-order valence-corrected chi connectivity index (χ2v) is 6.02. The zero-order chi connectivity index (χ0) is 9.71. The summed E-state index contributed by atoms with van der Waals surface area (Å²) in [4.78, 5) is 13.0. The molecule has 0 amide bonds. The molecule has 1 aromatic rings. The molecule has 2 aliphatic carbocycles. The molecule has 0 aliphatic heterocycles. The maximum absolute atomic E-state index is 12.1. The first-order chi connectivity index (χ1) is 6.79. The summed E-state index contributed by atoms with van der Waals surface area (Å²) in [6, 6.07) is 1.97. The normalized spacial score (nSPS) is 34.2. The minimum atomic E-state index is 0.374. The molecule has 1 heterocycles. The zero-order valence-corrected chi connectivity index (χ0v) is 10.1. The molecule has 2 fully saturated rings. The predicted molar refractivity (Wildman–Crippen MR) is 60.7 cm³/mol. The van der Waals surface area contributed by atoms with Gasteiger partial charge in [0.05, 0.1) is 4.88 Å². The van der Waals surface area contributed by atoms with E-state index in [1.807, 2.05) is 11.4 Å². The summed E-state index contributed by atoms with van der Waals surface area (Å²) < 4.78 is 0.984. The highest BCUT2D eigenvalue weighted by Gasteiger charge is 2.56. The second kappa shape index (κ2) is 3.17. The van der Waals surface area contributed by atoms with E-state index < -0.39 is 0 Å². The number of thiophene rings is 1. The average Bonchev–Trinajstić information content (AvgIpc) is 2.57. The zero-order valence-electron chi connectivity index (χ0n) is 7.70. The fourth-order valence-electron chi connectivity index (χ4n) is 2.83. The van der Waals surface area contributed by atoms with Crippen molar-refractivity contribution in [1.82, 2.24) is 0 Å². The van der Waals surface area contributed by atoms with Crippen molar-refractivity contribution in [3.05, 3.63) is 20.8 Å². The number of hydrogen-bond donors (Lipinski definition) is 0. The van der Waals surface area contributed by atoms with E-state index in [1.54, 1.807) is 11.3 Å². The second-order valence-electron chi connectivity index (χ2n) is 4.25. The smallest absolute Gasteiger partial charge is 0.177 e. The van der Waals surface area contributed by atoms with Gasteiger partial charge in [0, 0.05) is 10.4 Å². The molecule has 74 valence electrons. The number of halogens is 1. The third-order valence-corrected chi connectivity index (χ3v) is 5.40. The lowest BCUT2D eigenvalue weighted by atomic mass is 10.1. The summed E-state index contributed by atoms with van der Waals surface area (Å²) in [5, 5.41) is 1.98. The van der Waals surface area contributed by atoms with Crippen molar-refractivity contribution in [3.63, 3.8) is 0 Å². The van der Waals surface area contributed by atoms with Crippen molar-refractivity contribution in [2.75, 3.05) is 0 Å². The summed E-state index contributed by atoms with van der Waals surface area (Å²) >= 11 is 5.00. The molecule has 2 unspecified atom stereocenters. The Morgan fingerprint density at radius 3 is 2.71 bits per heavy atom. The lowest BCUT2D eigenvalue weighted by Gasteiger charge is -2.00. The van der Waals surface area contributed by atoms with E-state index in [0.717, 1.165) is 21.2 Å². The third-order valence-electron chi connectivity index (χ3n) is 3.55. The van der Waals surface area contributed by atoms with Gasteiger partial charge in [0.1, 0.15) is 0 Å². The van der Waals surface area contributed by atoms with E-state index in [9.17, 15) is 4.79 Å². The van der Waals surface area contributed by atoms with Crippen LogP contribution in [0.25, 0.3) is 0 Å². The Hall–Kier alpha value is -0.150. The molecule has 1 aromatic heterocycles. The van der Waals surface area contributed by atoms with E-state index in [0.29, 0.717) is 11.7 Å². The first-order valence-electron chi connectivity index (χ1n) is 5.06. The molecular weight excluding hydrogens is 260 g/mol. The van der Waals surface area contributed by atoms with Crippen LogP contribution in [-0.2, 0) is 0 Å². The van der Waals surface area contributed by atoms with E-state index >= 15 is 0 Å². The molecule has 2 atom stereocenters. The SMILES string of the molecule is O=C(c1sccc1Br)C1C2CCCC21. The molecule has 0 saturated heterocycles. The number of rotatable bonds is 2. The number of carbonyl (C=O) groups excluding carboxylic acids is 1. The van der Waals surface area contributed by atoms with Gasteiger partial charge in [0.15, 0.2) is 5.78 Å².